The lowest BCUT2D eigenvalue weighted by Crippen LogP contribution is -2.39. The summed E-state index contributed by atoms with van der Waals surface area (Å²) in [7, 11) is 0. The van der Waals surface area contributed by atoms with Gasteiger partial charge < -0.3 is 4.42 Å². The number of nitrogens with one attached hydrogen (secondary N) is 1. The highest BCUT2D eigenvalue weighted by Gasteiger charge is 2.17. The Balaban J connectivity index is 1.71. The molecule has 5 heteroatoms. The summed E-state index contributed by atoms with van der Waals surface area (Å²) < 4.78 is 5.64. The largest absolute Gasteiger partial charge is 0.451 e. The van der Waals surface area contributed by atoms with E-state index in [2.05, 4.69) is 5.43 Å². The maximum absolute atomic E-state index is 12.8. The van der Waals surface area contributed by atoms with Crippen molar-refractivity contribution in [1.29, 1.82) is 0 Å². The lowest BCUT2D eigenvalue weighted by atomic mass is 10.2. The number of hydrazine groups is 1. The van der Waals surface area contributed by atoms with Crippen LogP contribution in [0.2, 0.25) is 0 Å². The Labute approximate surface area is 155 Å². The minimum absolute atomic E-state index is 0.0458. The Hall–Kier alpha value is -3.86. The molecule has 1 heterocycles. The normalized spacial score (nSPS) is 10.5. The fraction of sp³-hybridized carbons (Fsp3) is 0. The fourth-order valence-corrected chi connectivity index (χ4v) is 2.80. The maximum Gasteiger partial charge on any atom is 0.305 e. The van der Waals surface area contributed by atoms with Crippen LogP contribution in [0.25, 0.3) is 11.0 Å². The number of benzene rings is 3. The number of rotatable bonds is 4. The van der Waals surface area contributed by atoms with Gasteiger partial charge in [-0.1, -0.05) is 48.5 Å². The van der Waals surface area contributed by atoms with Crippen LogP contribution < -0.4 is 15.9 Å². The van der Waals surface area contributed by atoms with Gasteiger partial charge in [0.1, 0.15) is 5.58 Å². The molecule has 0 unspecified atom stereocenters. The Morgan fingerprint density at radius 1 is 0.778 bits per heavy atom. The molecule has 0 spiro atoms. The molecule has 4 rings (SSSR count). The molecule has 4 aromatic rings. The van der Waals surface area contributed by atoms with Crippen molar-refractivity contribution in [2.75, 3.05) is 5.01 Å². The van der Waals surface area contributed by atoms with E-state index in [4.69, 9.17) is 4.42 Å². The molecule has 27 heavy (non-hydrogen) atoms. The van der Waals surface area contributed by atoms with Crippen molar-refractivity contribution in [1.82, 2.24) is 5.43 Å². The molecule has 0 radical (unpaired) electrons. The number of amides is 1. The summed E-state index contributed by atoms with van der Waals surface area (Å²) in [4.78, 5) is 25.1. The highest BCUT2D eigenvalue weighted by Crippen LogP contribution is 2.23. The van der Waals surface area contributed by atoms with Gasteiger partial charge in [0.25, 0.3) is 0 Å². The molecule has 0 bridgehead atoms. The van der Waals surface area contributed by atoms with E-state index in [1.807, 2.05) is 60.7 Å². The van der Waals surface area contributed by atoms with Gasteiger partial charge in [-0.3, -0.25) is 20.0 Å². The lowest BCUT2D eigenvalue weighted by molar-refractivity contribution is 0.0926. The summed E-state index contributed by atoms with van der Waals surface area (Å²) in [5.74, 6) is -0.555. The van der Waals surface area contributed by atoms with Crippen molar-refractivity contribution >= 4 is 28.3 Å². The molecule has 0 fully saturated rings. The molecule has 0 aliphatic carbocycles. The Morgan fingerprint density at radius 3 is 1.96 bits per heavy atom. The Kier molecular flexibility index (Phi) is 4.41. The van der Waals surface area contributed by atoms with E-state index in [1.165, 1.54) is 6.07 Å². The summed E-state index contributed by atoms with van der Waals surface area (Å²) in [6.45, 7) is 0. The van der Waals surface area contributed by atoms with Crippen LogP contribution in [0.4, 0.5) is 11.4 Å². The van der Waals surface area contributed by atoms with E-state index in [0.717, 1.165) is 11.4 Å². The summed E-state index contributed by atoms with van der Waals surface area (Å²) in [6, 6.07) is 26.9. The number of fused-ring (bicyclic) bond motifs is 1. The first-order valence-corrected chi connectivity index (χ1v) is 8.46. The van der Waals surface area contributed by atoms with Gasteiger partial charge in [-0.15, -0.1) is 0 Å². The zero-order chi connectivity index (χ0) is 18.6. The summed E-state index contributed by atoms with van der Waals surface area (Å²) >= 11 is 0. The predicted molar refractivity (Wildman–Crippen MR) is 105 cm³/mol. The summed E-state index contributed by atoms with van der Waals surface area (Å²) in [6.07, 6.45) is 0. The van der Waals surface area contributed by atoms with Crippen molar-refractivity contribution in [3.05, 3.63) is 107 Å². The Morgan fingerprint density at radius 2 is 1.33 bits per heavy atom. The fourth-order valence-electron chi connectivity index (χ4n) is 2.80. The van der Waals surface area contributed by atoms with E-state index in [1.54, 1.807) is 29.3 Å². The number of carbonyl (C=O) groups excluding carboxylic acids is 1. The smallest absolute Gasteiger partial charge is 0.305 e. The third kappa shape index (κ3) is 3.43. The first kappa shape index (κ1) is 16.6. The molecule has 1 amide bonds. The van der Waals surface area contributed by atoms with E-state index in [-0.39, 0.29) is 11.2 Å². The minimum Gasteiger partial charge on any atom is -0.451 e. The monoisotopic (exact) mass is 356 g/mol. The molecule has 0 saturated carbocycles. The third-order valence-electron chi connectivity index (χ3n) is 4.10. The van der Waals surface area contributed by atoms with Crippen LogP contribution in [-0.2, 0) is 0 Å². The second-order valence-electron chi connectivity index (χ2n) is 5.92. The summed E-state index contributed by atoms with van der Waals surface area (Å²) in [5, 5.41) is 2.09. The quantitative estimate of drug-likeness (QED) is 0.555. The highest BCUT2D eigenvalue weighted by molar-refractivity contribution is 5.95. The number of nitrogens with zero attached hydrogens (tertiary/aromatic N) is 1. The first-order chi connectivity index (χ1) is 13.2. The van der Waals surface area contributed by atoms with Gasteiger partial charge in [-0.2, -0.15) is 0 Å². The number of hydrogen-bond acceptors (Lipinski definition) is 4. The third-order valence-corrected chi connectivity index (χ3v) is 4.10. The average molecular weight is 356 g/mol. The van der Waals surface area contributed by atoms with Crippen LogP contribution in [-0.4, -0.2) is 5.91 Å². The molecule has 1 aromatic heterocycles. The highest BCUT2D eigenvalue weighted by atomic mass is 16.3. The second-order valence-corrected chi connectivity index (χ2v) is 5.92. The SMILES string of the molecule is O=C(NN(c1ccccc1)c1ccccc1)c1cc(=O)c2ccccc2o1. The van der Waals surface area contributed by atoms with E-state index >= 15 is 0 Å². The topological polar surface area (TPSA) is 62.6 Å². The van der Waals surface area contributed by atoms with Crippen LogP contribution in [0.3, 0.4) is 0 Å². The van der Waals surface area contributed by atoms with Gasteiger partial charge in [-0.25, -0.2) is 0 Å². The zero-order valence-corrected chi connectivity index (χ0v) is 14.3. The van der Waals surface area contributed by atoms with Gasteiger partial charge in [0.15, 0.2) is 11.2 Å². The van der Waals surface area contributed by atoms with Gasteiger partial charge in [0, 0.05) is 6.07 Å². The van der Waals surface area contributed by atoms with E-state index in [0.29, 0.717) is 11.0 Å². The molecular weight excluding hydrogens is 340 g/mol. The van der Waals surface area contributed by atoms with Crippen molar-refractivity contribution in [3.63, 3.8) is 0 Å². The maximum atomic E-state index is 12.8. The van der Waals surface area contributed by atoms with Gasteiger partial charge in [0.05, 0.1) is 16.8 Å². The Bertz CT molecular complexity index is 1100. The number of hydrogen-bond donors (Lipinski definition) is 1. The number of carbonyl (C=O) groups is 1. The lowest BCUT2D eigenvalue weighted by Gasteiger charge is -2.25. The first-order valence-electron chi connectivity index (χ1n) is 8.46. The molecule has 132 valence electrons. The molecule has 5 nitrogen and oxygen atoms in total. The van der Waals surface area contributed by atoms with Crippen LogP contribution in [0.1, 0.15) is 10.6 Å². The number of para-hydroxylation sites is 3. The van der Waals surface area contributed by atoms with Crippen LogP contribution in [0.5, 0.6) is 0 Å². The van der Waals surface area contributed by atoms with E-state index < -0.39 is 5.91 Å². The van der Waals surface area contributed by atoms with E-state index in [9.17, 15) is 9.59 Å². The molecule has 3 aromatic carbocycles. The van der Waals surface area contributed by atoms with Crippen LogP contribution in [0.15, 0.2) is 100 Å². The molecule has 0 aliphatic heterocycles. The predicted octanol–water partition coefficient (Wildman–Crippen LogP) is 4.28. The van der Waals surface area contributed by atoms with Crippen molar-refractivity contribution < 1.29 is 9.21 Å². The second kappa shape index (κ2) is 7.17. The molecule has 0 aliphatic rings. The molecule has 1 N–H and O–H groups in total. The van der Waals surface area contributed by atoms with Gasteiger partial charge >= 0.3 is 5.91 Å². The van der Waals surface area contributed by atoms with Crippen LogP contribution in [0, 0.1) is 0 Å². The standard InChI is InChI=1S/C22H16N2O3/c25-19-15-21(27-20-14-8-7-13-18(19)20)22(26)23-24(16-9-3-1-4-10-16)17-11-5-2-6-12-17/h1-15H,(H,23,26). The molecule has 0 atom stereocenters. The van der Waals surface area contributed by atoms with Crippen molar-refractivity contribution in [3.8, 4) is 0 Å². The number of anilines is 2. The zero-order valence-electron chi connectivity index (χ0n) is 14.3. The van der Waals surface area contributed by atoms with Gasteiger partial charge in [0.2, 0.25) is 0 Å². The molecular formula is C22H16N2O3. The average Bonchev–Trinajstić information content (AvgIpc) is 2.73. The molecule has 0 saturated heterocycles. The van der Waals surface area contributed by atoms with Gasteiger partial charge in [-0.05, 0) is 36.4 Å². The van der Waals surface area contributed by atoms with Crippen molar-refractivity contribution in [2.45, 2.75) is 0 Å². The van der Waals surface area contributed by atoms with Crippen LogP contribution >= 0.6 is 0 Å². The summed E-state index contributed by atoms with van der Waals surface area (Å²) in [5.41, 5.74) is 4.49. The van der Waals surface area contributed by atoms with Crippen molar-refractivity contribution in [2.24, 2.45) is 0 Å². The minimum atomic E-state index is -0.509.